The number of rotatable bonds is 3. The first-order valence-electron chi connectivity index (χ1n) is 6.00. The maximum absolute atomic E-state index is 13.5. The highest BCUT2D eigenvalue weighted by molar-refractivity contribution is 9.10. The van der Waals surface area contributed by atoms with Crippen molar-refractivity contribution in [3.63, 3.8) is 0 Å². The molecule has 1 aromatic rings. The fourth-order valence-corrected chi connectivity index (χ4v) is 2.98. The lowest BCUT2D eigenvalue weighted by molar-refractivity contribution is 0.302. The minimum absolute atomic E-state index is 0.241. The van der Waals surface area contributed by atoms with Gasteiger partial charge in [0.05, 0.1) is 11.6 Å². The SMILES string of the molecule is COc1cc(F)c(Br)cc1C1CC(CN)CN1C. The molecule has 1 aliphatic heterocycles. The highest BCUT2D eigenvalue weighted by atomic mass is 79.9. The summed E-state index contributed by atoms with van der Waals surface area (Å²) in [4.78, 5) is 2.25. The van der Waals surface area contributed by atoms with Gasteiger partial charge in [0.1, 0.15) is 11.6 Å². The van der Waals surface area contributed by atoms with Gasteiger partial charge in [-0.3, -0.25) is 4.90 Å². The molecule has 100 valence electrons. The third-order valence-electron chi connectivity index (χ3n) is 3.60. The maximum atomic E-state index is 13.5. The molecule has 0 aliphatic carbocycles. The summed E-state index contributed by atoms with van der Waals surface area (Å²) in [6.07, 6.45) is 0.988. The predicted molar refractivity (Wildman–Crippen MR) is 73.2 cm³/mol. The molecule has 1 aromatic carbocycles. The lowest BCUT2D eigenvalue weighted by atomic mass is 9.99. The molecule has 0 saturated carbocycles. The number of nitrogens with two attached hydrogens (primary N) is 1. The summed E-state index contributed by atoms with van der Waals surface area (Å²) in [5, 5.41) is 0. The second-order valence-corrected chi connectivity index (χ2v) is 5.66. The zero-order valence-corrected chi connectivity index (χ0v) is 12.2. The van der Waals surface area contributed by atoms with E-state index in [9.17, 15) is 4.39 Å². The highest BCUT2D eigenvalue weighted by Crippen LogP contribution is 2.40. The Hall–Kier alpha value is -0.650. The Balaban J connectivity index is 2.35. The molecular formula is C13H18BrFN2O. The Kier molecular flexibility index (Phi) is 4.25. The molecule has 2 rings (SSSR count). The molecule has 1 fully saturated rings. The van der Waals surface area contributed by atoms with Crippen LogP contribution in [0.3, 0.4) is 0 Å². The quantitative estimate of drug-likeness (QED) is 0.931. The van der Waals surface area contributed by atoms with E-state index in [1.165, 1.54) is 6.07 Å². The first-order valence-corrected chi connectivity index (χ1v) is 6.79. The number of ether oxygens (including phenoxy) is 1. The number of nitrogens with zero attached hydrogens (tertiary/aromatic N) is 1. The zero-order chi connectivity index (χ0) is 13.3. The Morgan fingerprint density at radius 2 is 2.28 bits per heavy atom. The van der Waals surface area contributed by atoms with Crippen LogP contribution in [0.2, 0.25) is 0 Å². The molecule has 2 atom stereocenters. The lowest BCUT2D eigenvalue weighted by Crippen LogP contribution is -2.21. The average Bonchev–Trinajstić information content (AvgIpc) is 2.73. The molecule has 2 N–H and O–H groups in total. The predicted octanol–water partition coefficient (Wildman–Crippen LogP) is 2.55. The normalized spacial score (nSPS) is 24.5. The van der Waals surface area contributed by atoms with E-state index in [0.29, 0.717) is 22.7 Å². The third-order valence-corrected chi connectivity index (χ3v) is 4.21. The van der Waals surface area contributed by atoms with Crippen LogP contribution in [0.25, 0.3) is 0 Å². The molecule has 1 saturated heterocycles. The summed E-state index contributed by atoms with van der Waals surface area (Å²) in [5.74, 6) is 0.797. The molecule has 1 heterocycles. The van der Waals surface area contributed by atoms with E-state index in [1.807, 2.05) is 6.07 Å². The van der Waals surface area contributed by atoms with Gasteiger partial charge in [0.25, 0.3) is 0 Å². The van der Waals surface area contributed by atoms with Crippen molar-refractivity contribution in [3.05, 3.63) is 28.0 Å². The van der Waals surface area contributed by atoms with Gasteiger partial charge < -0.3 is 10.5 Å². The van der Waals surface area contributed by atoms with Crippen LogP contribution in [0.4, 0.5) is 4.39 Å². The van der Waals surface area contributed by atoms with Crippen molar-refractivity contribution < 1.29 is 9.13 Å². The van der Waals surface area contributed by atoms with Gasteiger partial charge in [0.15, 0.2) is 0 Å². The van der Waals surface area contributed by atoms with Crippen LogP contribution in [0.1, 0.15) is 18.0 Å². The van der Waals surface area contributed by atoms with Gasteiger partial charge in [-0.1, -0.05) is 0 Å². The summed E-state index contributed by atoms with van der Waals surface area (Å²) >= 11 is 3.23. The molecule has 1 aliphatic rings. The van der Waals surface area contributed by atoms with Crippen molar-refractivity contribution >= 4 is 15.9 Å². The number of hydrogen-bond acceptors (Lipinski definition) is 3. The van der Waals surface area contributed by atoms with Crippen molar-refractivity contribution in [2.24, 2.45) is 11.7 Å². The second-order valence-electron chi connectivity index (χ2n) is 4.80. The van der Waals surface area contributed by atoms with Gasteiger partial charge in [0.2, 0.25) is 0 Å². The van der Waals surface area contributed by atoms with Crippen molar-refractivity contribution in [2.75, 3.05) is 27.2 Å². The summed E-state index contributed by atoms with van der Waals surface area (Å²) in [7, 11) is 3.64. The zero-order valence-electron chi connectivity index (χ0n) is 10.6. The average molecular weight is 317 g/mol. The Labute approximate surface area is 115 Å². The van der Waals surface area contributed by atoms with Gasteiger partial charge in [0, 0.05) is 24.2 Å². The van der Waals surface area contributed by atoms with Crippen LogP contribution in [-0.4, -0.2) is 32.1 Å². The molecule has 0 radical (unpaired) electrons. The second kappa shape index (κ2) is 5.55. The molecule has 0 amide bonds. The molecule has 0 aromatic heterocycles. The third kappa shape index (κ3) is 2.53. The van der Waals surface area contributed by atoms with Gasteiger partial charge in [-0.15, -0.1) is 0 Å². The number of likely N-dealkylation sites (tertiary alicyclic amines) is 1. The van der Waals surface area contributed by atoms with E-state index in [0.717, 1.165) is 18.5 Å². The number of methoxy groups -OCH3 is 1. The lowest BCUT2D eigenvalue weighted by Gasteiger charge is -2.22. The van der Waals surface area contributed by atoms with Crippen molar-refractivity contribution in [3.8, 4) is 5.75 Å². The fraction of sp³-hybridized carbons (Fsp3) is 0.538. The minimum atomic E-state index is -0.299. The monoisotopic (exact) mass is 316 g/mol. The summed E-state index contributed by atoms with van der Waals surface area (Å²) in [6, 6.07) is 3.49. The van der Waals surface area contributed by atoms with E-state index >= 15 is 0 Å². The largest absolute Gasteiger partial charge is 0.496 e. The topological polar surface area (TPSA) is 38.5 Å². The fourth-order valence-electron chi connectivity index (χ4n) is 2.62. The van der Waals surface area contributed by atoms with Crippen LogP contribution in [0, 0.1) is 11.7 Å². The number of benzene rings is 1. The van der Waals surface area contributed by atoms with Crippen LogP contribution >= 0.6 is 15.9 Å². The summed E-state index contributed by atoms with van der Waals surface area (Å²) in [5.41, 5.74) is 6.75. The molecule has 0 spiro atoms. The van der Waals surface area contributed by atoms with Gasteiger partial charge >= 0.3 is 0 Å². The van der Waals surface area contributed by atoms with Crippen molar-refractivity contribution in [2.45, 2.75) is 12.5 Å². The molecular weight excluding hydrogens is 299 g/mol. The molecule has 5 heteroatoms. The van der Waals surface area contributed by atoms with Crippen LogP contribution in [0.5, 0.6) is 5.75 Å². The maximum Gasteiger partial charge on any atom is 0.141 e. The summed E-state index contributed by atoms with van der Waals surface area (Å²) in [6.45, 7) is 1.66. The Morgan fingerprint density at radius 1 is 1.56 bits per heavy atom. The van der Waals surface area contributed by atoms with E-state index in [-0.39, 0.29) is 11.9 Å². The standard InChI is InChI=1S/C13H18BrFN2O/c1-17-7-8(6-16)3-12(17)9-4-10(14)11(15)5-13(9)18-2/h4-5,8,12H,3,6-7,16H2,1-2H3. The van der Waals surface area contributed by atoms with Crippen LogP contribution in [-0.2, 0) is 0 Å². The first kappa shape index (κ1) is 13.8. The van der Waals surface area contributed by atoms with Gasteiger partial charge in [-0.2, -0.15) is 0 Å². The van der Waals surface area contributed by atoms with E-state index < -0.39 is 0 Å². The van der Waals surface area contributed by atoms with E-state index in [2.05, 4.69) is 27.9 Å². The highest BCUT2D eigenvalue weighted by Gasteiger charge is 2.32. The van der Waals surface area contributed by atoms with E-state index in [4.69, 9.17) is 10.5 Å². The van der Waals surface area contributed by atoms with Gasteiger partial charge in [-0.25, -0.2) is 4.39 Å². The Morgan fingerprint density at radius 3 is 2.83 bits per heavy atom. The smallest absolute Gasteiger partial charge is 0.141 e. The molecule has 18 heavy (non-hydrogen) atoms. The minimum Gasteiger partial charge on any atom is -0.496 e. The Bertz CT molecular complexity index is 441. The van der Waals surface area contributed by atoms with Crippen LogP contribution in [0.15, 0.2) is 16.6 Å². The molecule has 0 bridgehead atoms. The van der Waals surface area contributed by atoms with Crippen LogP contribution < -0.4 is 10.5 Å². The number of hydrogen-bond donors (Lipinski definition) is 1. The summed E-state index contributed by atoms with van der Waals surface area (Å²) < 4.78 is 19.3. The van der Waals surface area contributed by atoms with Crippen molar-refractivity contribution in [1.29, 1.82) is 0 Å². The first-order chi connectivity index (χ1) is 8.56. The van der Waals surface area contributed by atoms with Crippen molar-refractivity contribution in [1.82, 2.24) is 4.90 Å². The molecule has 2 unspecified atom stereocenters. The van der Waals surface area contributed by atoms with E-state index in [1.54, 1.807) is 7.11 Å². The number of halogens is 2. The van der Waals surface area contributed by atoms with Gasteiger partial charge in [-0.05, 0) is 47.9 Å². The molecule has 3 nitrogen and oxygen atoms in total.